The van der Waals surface area contributed by atoms with Gasteiger partial charge in [-0.15, -0.1) is 0 Å². The molecule has 9 nitrogen and oxygen atoms in total. The van der Waals surface area contributed by atoms with Crippen molar-refractivity contribution in [3.05, 3.63) is 30.5 Å². The van der Waals surface area contributed by atoms with Crippen molar-refractivity contribution in [3.63, 3.8) is 0 Å². The minimum absolute atomic E-state index is 0.152. The minimum Gasteiger partial charge on any atom is -0.444 e. The second-order valence-electron chi connectivity index (χ2n) is 5.39. The molecule has 4 N–H and O–H groups in total. The first kappa shape index (κ1) is 14.1. The Balaban J connectivity index is 1.90. The van der Waals surface area contributed by atoms with Crippen molar-refractivity contribution in [1.29, 1.82) is 0 Å². The van der Waals surface area contributed by atoms with Crippen molar-refractivity contribution in [2.24, 2.45) is 0 Å². The van der Waals surface area contributed by atoms with Crippen LogP contribution in [0.3, 0.4) is 0 Å². The molecule has 0 aliphatic carbocycles. The number of rotatable bonds is 3. The zero-order valence-electron chi connectivity index (χ0n) is 12.0. The molecule has 4 rings (SSSR count). The standard InChI is InChI=1S/C14H15N5O4/c15-13-11-8(14-16-1-2-22-14)4-9(19(11)18-6-17-13)12-10(21)3-7(5-20)23-12/h1-2,4,6-7,10,12,20-21H,3,5H2,(H2,15,17,18)/t7-,10-,12-/m0/s1. The fraction of sp³-hybridized carbons (Fsp3) is 0.357. The number of hydrogen-bond acceptors (Lipinski definition) is 8. The zero-order valence-corrected chi connectivity index (χ0v) is 12.0. The van der Waals surface area contributed by atoms with E-state index in [2.05, 4.69) is 15.1 Å². The molecule has 0 unspecified atom stereocenters. The Bertz CT molecular complexity index is 831. The fourth-order valence-corrected chi connectivity index (χ4v) is 2.95. The molecule has 3 aromatic heterocycles. The Morgan fingerprint density at radius 2 is 2.26 bits per heavy atom. The maximum Gasteiger partial charge on any atom is 0.228 e. The molecule has 1 fully saturated rings. The third-order valence-electron chi connectivity index (χ3n) is 3.96. The third-order valence-corrected chi connectivity index (χ3v) is 3.96. The molecular formula is C14H15N5O4. The summed E-state index contributed by atoms with van der Waals surface area (Å²) in [6, 6.07) is 1.76. The number of nitrogens with two attached hydrogens (primary N) is 1. The number of ether oxygens (including phenoxy) is 1. The van der Waals surface area contributed by atoms with Gasteiger partial charge in [0.25, 0.3) is 0 Å². The van der Waals surface area contributed by atoms with Gasteiger partial charge in [0.05, 0.1) is 36.3 Å². The van der Waals surface area contributed by atoms with Crippen LogP contribution in [0.5, 0.6) is 0 Å². The van der Waals surface area contributed by atoms with Gasteiger partial charge in [0.15, 0.2) is 5.82 Å². The van der Waals surface area contributed by atoms with Crippen LogP contribution in [-0.2, 0) is 4.74 Å². The molecule has 0 radical (unpaired) electrons. The van der Waals surface area contributed by atoms with Gasteiger partial charge in [0.2, 0.25) is 5.89 Å². The van der Waals surface area contributed by atoms with E-state index >= 15 is 0 Å². The van der Waals surface area contributed by atoms with Gasteiger partial charge in [-0.1, -0.05) is 0 Å². The first-order chi connectivity index (χ1) is 11.2. The largest absolute Gasteiger partial charge is 0.444 e. The van der Waals surface area contributed by atoms with Gasteiger partial charge in [-0.2, -0.15) is 5.10 Å². The molecular weight excluding hydrogens is 302 g/mol. The quantitative estimate of drug-likeness (QED) is 0.622. The van der Waals surface area contributed by atoms with Gasteiger partial charge < -0.3 is 25.1 Å². The SMILES string of the molecule is Nc1ncnn2c([C@@H]3O[C@H](CO)C[C@@H]3O)cc(-c3ncco3)c12. The number of aromatic nitrogens is 4. The van der Waals surface area contributed by atoms with E-state index < -0.39 is 18.3 Å². The van der Waals surface area contributed by atoms with Gasteiger partial charge in [-0.3, -0.25) is 0 Å². The summed E-state index contributed by atoms with van der Waals surface area (Å²) in [5.41, 5.74) is 7.73. The van der Waals surface area contributed by atoms with E-state index in [1.807, 2.05) is 0 Å². The van der Waals surface area contributed by atoms with Crippen molar-refractivity contribution < 1.29 is 19.4 Å². The van der Waals surface area contributed by atoms with Gasteiger partial charge in [-0.05, 0) is 6.07 Å². The maximum atomic E-state index is 10.2. The molecule has 3 aromatic rings. The maximum absolute atomic E-state index is 10.2. The predicted molar refractivity (Wildman–Crippen MR) is 78.2 cm³/mol. The summed E-state index contributed by atoms with van der Waals surface area (Å²) in [5.74, 6) is 0.645. The van der Waals surface area contributed by atoms with Gasteiger partial charge >= 0.3 is 0 Å². The van der Waals surface area contributed by atoms with Crippen molar-refractivity contribution in [1.82, 2.24) is 19.6 Å². The Labute approximate surface area is 130 Å². The summed E-state index contributed by atoms with van der Waals surface area (Å²) in [6.45, 7) is -0.152. The zero-order chi connectivity index (χ0) is 16.0. The summed E-state index contributed by atoms with van der Waals surface area (Å²) < 4.78 is 12.6. The van der Waals surface area contributed by atoms with Crippen LogP contribution in [0.2, 0.25) is 0 Å². The average molecular weight is 317 g/mol. The Morgan fingerprint density at radius 3 is 2.96 bits per heavy atom. The number of aliphatic hydroxyl groups excluding tert-OH is 2. The Kier molecular flexibility index (Phi) is 3.26. The van der Waals surface area contributed by atoms with E-state index in [0.29, 0.717) is 29.1 Å². The van der Waals surface area contributed by atoms with Crippen LogP contribution in [0.15, 0.2) is 29.3 Å². The molecule has 23 heavy (non-hydrogen) atoms. The number of nitrogens with zero attached hydrogens (tertiary/aromatic N) is 4. The highest BCUT2D eigenvalue weighted by Crippen LogP contribution is 2.38. The molecule has 1 aliphatic heterocycles. The monoisotopic (exact) mass is 317 g/mol. The number of oxazole rings is 1. The summed E-state index contributed by atoms with van der Waals surface area (Å²) >= 11 is 0. The van der Waals surface area contributed by atoms with E-state index in [9.17, 15) is 10.2 Å². The summed E-state index contributed by atoms with van der Waals surface area (Å²) in [6.07, 6.45) is 2.88. The number of anilines is 1. The topological polar surface area (TPSA) is 132 Å². The number of nitrogen functional groups attached to an aromatic ring is 1. The van der Waals surface area contributed by atoms with Crippen LogP contribution in [-0.4, -0.2) is 48.6 Å². The lowest BCUT2D eigenvalue weighted by Crippen LogP contribution is -2.15. The Morgan fingerprint density at radius 1 is 1.39 bits per heavy atom. The summed E-state index contributed by atoms with van der Waals surface area (Å²) in [7, 11) is 0. The molecule has 0 aromatic carbocycles. The van der Waals surface area contributed by atoms with Crippen LogP contribution < -0.4 is 5.73 Å². The molecule has 1 aliphatic rings. The molecule has 0 bridgehead atoms. The number of aliphatic hydroxyl groups is 2. The Hall–Kier alpha value is -2.49. The molecule has 0 amide bonds. The molecule has 9 heteroatoms. The lowest BCUT2D eigenvalue weighted by atomic mass is 10.1. The van der Waals surface area contributed by atoms with Crippen LogP contribution in [0.1, 0.15) is 18.2 Å². The highest BCUT2D eigenvalue weighted by molar-refractivity contribution is 5.85. The van der Waals surface area contributed by atoms with E-state index in [1.54, 1.807) is 10.6 Å². The van der Waals surface area contributed by atoms with Crippen LogP contribution in [0, 0.1) is 0 Å². The molecule has 4 heterocycles. The summed E-state index contributed by atoms with van der Waals surface area (Å²) in [4.78, 5) is 8.13. The predicted octanol–water partition coefficient (Wildman–Crippen LogP) is 0.150. The normalized spacial score (nSPS) is 24.5. The van der Waals surface area contributed by atoms with Crippen LogP contribution >= 0.6 is 0 Å². The van der Waals surface area contributed by atoms with Crippen molar-refractivity contribution >= 4 is 11.3 Å². The number of hydrogen-bond donors (Lipinski definition) is 3. The average Bonchev–Trinajstić information content (AvgIpc) is 3.25. The third kappa shape index (κ3) is 2.17. The van der Waals surface area contributed by atoms with Crippen molar-refractivity contribution in [2.45, 2.75) is 24.7 Å². The lowest BCUT2D eigenvalue weighted by Gasteiger charge is -2.14. The molecule has 120 valence electrons. The summed E-state index contributed by atoms with van der Waals surface area (Å²) in [5, 5.41) is 23.7. The number of fused-ring (bicyclic) bond motifs is 1. The first-order valence-corrected chi connectivity index (χ1v) is 7.15. The van der Waals surface area contributed by atoms with Gasteiger partial charge in [0.1, 0.15) is 24.2 Å². The van der Waals surface area contributed by atoms with Crippen LogP contribution in [0.4, 0.5) is 5.82 Å². The van der Waals surface area contributed by atoms with E-state index in [-0.39, 0.29) is 12.4 Å². The molecule has 0 saturated carbocycles. The second kappa shape index (κ2) is 5.30. The van der Waals surface area contributed by atoms with Crippen molar-refractivity contribution in [3.8, 4) is 11.5 Å². The van der Waals surface area contributed by atoms with E-state index in [0.717, 1.165) is 0 Å². The fourth-order valence-electron chi connectivity index (χ4n) is 2.95. The highest BCUT2D eigenvalue weighted by atomic mass is 16.5. The second-order valence-corrected chi connectivity index (χ2v) is 5.39. The van der Waals surface area contributed by atoms with Gasteiger partial charge in [0, 0.05) is 6.42 Å². The van der Waals surface area contributed by atoms with E-state index in [4.69, 9.17) is 14.9 Å². The smallest absolute Gasteiger partial charge is 0.228 e. The van der Waals surface area contributed by atoms with Crippen molar-refractivity contribution in [2.75, 3.05) is 12.3 Å². The lowest BCUT2D eigenvalue weighted by molar-refractivity contribution is -0.0136. The molecule has 0 spiro atoms. The van der Waals surface area contributed by atoms with Crippen LogP contribution in [0.25, 0.3) is 17.0 Å². The molecule has 1 saturated heterocycles. The van der Waals surface area contributed by atoms with Gasteiger partial charge in [-0.25, -0.2) is 14.5 Å². The molecule has 3 atom stereocenters. The highest BCUT2D eigenvalue weighted by Gasteiger charge is 2.37. The van der Waals surface area contributed by atoms with E-state index in [1.165, 1.54) is 18.8 Å². The minimum atomic E-state index is -0.751. The first-order valence-electron chi connectivity index (χ1n) is 7.15.